The minimum atomic E-state index is -0.545. The molecule has 126 valence electrons. The van der Waals surface area contributed by atoms with Gasteiger partial charge in [0.25, 0.3) is 0 Å². The largest absolute Gasteiger partial charge is 0.453 e. The summed E-state index contributed by atoms with van der Waals surface area (Å²) in [6.07, 6.45) is -0.500. The lowest BCUT2D eigenvalue weighted by atomic mass is 10.3. The minimum absolute atomic E-state index is 0.218. The number of rotatable bonds is 5. The fourth-order valence-electron chi connectivity index (χ4n) is 1.77. The van der Waals surface area contributed by atoms with Gasteiger partial charge in [-0.2, -0.15) is 0 Å². The average molecular weight is 345 g/mol. The number of carbonyl (C=O) groups is 2. The molecule has 0 heterocycles. The predicted molar refractivity (Wildman–Crippen MR) is 95.3 cm³/mol. The predicted octanol–water partition coefficient (Wildman–Crippen LogP) is 3.30. The molecule has 7 heteroatoms. The molecule has 4 N–H and O–H groups in total. The Hall–Kier alpha value is -2.51. The van der Waals surface area contributed by atoms with Crippen molar-refractivity contribution in [2.75, 3.05) is 17.7 Å². The van der Waals surface area contributed by atoms with Crippen LogP contribution in [-0.2, 0) is 9.53 Å². The van der Waals surface area contributed by atoms with E-state index in [-0.39, 0.29) is 5.91 Å². The van der Waals surface area contributed by atoms with Gasteiger partial charge in [0, 0.05) is 21.2 Å². The monoisotopic (exact) mass is 345 g/mol. The summed E-state index contributed by atoms with van der Waals surface area (Å²) < 4.78 is 4.54. The molecule has 2 amide bonds. The van der Waals surface area contributed by atoms with Crippen LogP contribution in [0.5, 0.6) is 0 Å². The number of hydrogen-bond donors (Lipinski definition) is 3. The van der Waals surface area contributed by atoms with Gasteiger partial charge in [-0.1, -0.05) is 11.8 Å². The molecule has 6 nitrogen and oxygen atoms in total. The summed E-state index contributed by atoms with van der Waals surface area (Å²) in [5, 5.41) is 5.33. The van der Waals surface area contributed by atoms with Gasteiger partial charge in [-0.15, -0.1) is 0 Å². The molecule has 1 unspecified atom stereocenters. The molecule has 0 radical (unpaired) electrons. The Balaban J connectivity index is 1.96. The number of methoxy groups -OCH3 is 1. The summed E-state index contributed by atoms with van der Waals surface area (Å²) in [7, 11) is 1.32. The molecular weight excluding hydrogens is 326 g/mol. The van der Waals surface area contributed by atoms with E-state index < -0.39 is 12.1 Å². The van der Waals surface area contributed by atoms with Crippen LogP contribution in [0.3, 0.4) is 0 Å². The molecule has 0 saturated heterocycles. The molecule has 2 aromatic carbocycles. The summed E-state index contributed by atoms with van der Waals surface area (Å²) in [6.45, 7) is 1.64. The lowest BCUT2D eigenvalue weighted by Gasteiger charge is -2.09. The highest BCUT2D eigenvalue weighted by atomic mass is 32.2. The van der Waals surface area contributed by atoms with Gasteiger partial charge in [-0.05, 0) is 55.5 Å². The molecule has 0 aliphatic rings. The zero-order chi connectivity index (χ0) is 17.5. The zero-order valence-electron chi connectivity index (χ0n) is 13.4. The lowest BCUT2D eigenvalue weighted by molar-refractivity contribution is -0.117. The highest BCUT2D eigenvalue weighted by Crippen LogP contribution is 2.29. The molecular formula is C17H19N3O3S. The number of anilines is 2. The number of nitrogens with one attached hydrogen (secondary N) is 2. The van der Waals surface area contributed by atoms with Gasteiger partial charge in [0.1, 0.15) is 0 Å². The Morgan fingerprint density at radius 2 is 1.42 bits per heavy atom. The fourth-order valence-corrected chi connectivity index (χ4v) is 2.59. The first-order chi connectivity index (χ1) is 11.5. The van der Waals surface area contributed by atoms with E-state index in [1.807, 2.05) is 36.4 Å². The Kier molecular flexibility index (Phi) is 6.22. The zero-order valence-corrected chi connectivity index (χ0v) is 14.2. The maximum atomic E-state index is 11.5. The number of amides is 2. The molecule has 2 rings (SSSR count). The minimum Gasteiger partial charge on any atom is -0.453 e. The topological polar surface area (TPSA) is 93.5 Å². The van der Waals surface area contributed by atoms with Crippen LogP contribution in [0.2, 0.25) is 0 Å². The van der Waals surface area contributed by atoms with Crippen LogP contribution in [0, 0.1) is 0 Å². The first-order valence-electron chi connectivity index (χ1n) is 7.27. The Morgan fingerprint density at radius 1 is 0.958 bits per heavy atom. The Bertz CT molecular complexity index is 700. The lowest BCUT2D eigenvalue weighted by Crippen LogP contribution is -2.32. The average Bonchev–Trinajstić information content (AvgIpc) is 2.58. The molecule has 1 atom stereocenters. The third-order valence-corrected chi connectivity index (χ3v) is 4.07. The quantitative estimate of drug-likeness (QED) is 0.773. The molecule has 0 aliphatic carbocycles. The molecule has 0 aliphatic heterocycles. The second-order valence-electron chi connectivity index (χ2n) is 5.05. The van der Waals surface area contributed by atoms with Crippen molar-refractivity contribution in [1.82, 2.24) is 0 Å². The standard InChI is InChI=1S/C17H19N3O3S/c1-11(18)16(21)19-12-3-7-14(8-4-12)24-15-9-5-13(6-10-15)20-17(22)23-2/h3-11H,18H2,1-2H3,(H,19,21)(H,20,22). The second kappa shape index (κ2) is 8.37. The van der Waals surface area contributed by atoms with Crippen molar-refractivity contribution in [2.45, 2.75) is 22.8 Å². The van der Waals surface area contributed by atoms with E-state index in [4.69, 9.17) is 5.73 Å². The summed E-state index contributed by atoms with van der Waals surface area (Å²) in [4.78, 5) is 24.7. The van der Waals surface area contributed by atoms with Crippen molar-refractivity contribution in [2.24, 2.45) is 5.73 Å². The van der Waals surface area contributed by atoms with Crippen molar-refractivity contribution >= 4 is 35.1 Å². The van der Waals surface area contributed by atoms with Gasteiger partial charge in [-0.3, -0.25) is 10.1 Å². The summed E-state index contributed by atoms with van der Waals surface area (Å²) in [5.74, 6) is -0.218. The van der Waals surface area contributed by atoms with E-state index in [2.05, 4.69) is 15.4 Å². The number of nitrogens with two attached hydrogens (primary N) is 1. The molecule has 24 heavy (non-hydrogen) atoms. The summed E-state index contributed by atoms with van der Waals surface area (Å²) >= 11 is 1.57. The van der Waals surface area contributed by atoms with Gasteiger partial charge in [0.15, 0.2) is 0 Å². The number of benzene rings is 2. The Morgan fingerprint density at radius 3 is 1.83 bits per heavy atom. The number of carbonyl (C=O) groups excluding carboxylic acids is 2. The van der Waals surface area contributed by atoms with E-state index in [0.717, 1.165) is 9.79 Å². The third kappa shape index (κ3) is 5.29. The van der Waals surface area contributed by atoms with Gasteiger partial charge in [-0.25, -0.2) is 4.79 Å². The third-order valence-electron chi connectivity index (χ3n) is 3.06. The summed E-state index contributed by atoms with van der Waals surface area (Å²) in [6, 6.07) is 14.4. The molecule has 0 aromatic heterocycles. The van der Waals surface area contributed by atoms with E-state index in [1.165, 1.54) is 7.11 Å². The SMILES string of the molecule is COC(=O)Nc1ccc(Sc2ccc(NC(=O)C(C)N)cc2)cc1. The van der Waals surface area contributed by atoms with Gasteiger partial charge in [0.2, 0.25) is 5.91 Å². The van der Waals surface area contributed by atoms with Gasteiger partial charge in [0.05, 0.1) is 13.2 Å². The van der Waals surface area contributed by atoms with Crippen molar-refractivity contribution < 1.29 is 14.3 Å². The van der Waals surface area contributed by atoms with E-state index in [0.29, 0.717) is 11.4 Å². The van der Waals surface area contributed by atoms with Crippen molar-refractivity contribution in [1.29, 1.82) is 0 Å². The van der Waals surface area contributed by atoms with E-state index in [1.54, 1.807) is 30.8 Å². The summed E-state index contributed by atoms with van der Waals surface area (Å²) in [5.41, 5.74) is 6.89. The smallest absolute Gasteiger partial charge is 0.411 e. The van der Waals surface area contributed by atoms with Gasteiger partial charge >= 0.3 is 6.09 Å². The number of hydrogen-bond acceptors (Lipinski definition) is 5. The highest BCUT2D eigenvalue weighted by Gasteiger charge is 2.07. The van der Waals surface area contributed by atoms with E-state index >= 15 is 0 Å². The van der Waals surface area contributed by atoms with Gasteiger partial charge < -0.3 is 15.8 Å². The maximum Gasteiger partial charge on any atom is 0.411 e. The fraction of sp³-hybridized carbons (Fsp3) is 0.176. The van der Waals surface area contributed by atoms with Crippen LogP contribution in [0.15, 0.2) is 58.3 Å². The van der Waals surface area contributed by atoms with E-state index in [9.17, 15) is 9.59 Å². The van der Waals surface area contributed by atoms with Crippen LogP contribution in [-0.4, -0.2) is 25.2 Å². The molecule has 0 bridgehead atoms. The highest BCUT2D eigenvalue weighted by molar-refractivity contribution is 7.99. The van der Waals surface area contributed by atoms with Crippen molar-refractivity contribution in [3.63, 3.8) is 0 Å². The molecule has 0 spiro atoms. The normalized spacial score (nSPS) is 11.5. The molecule has 2 aromatic rings. The van der Waals surface area contributed by atoms with Crippen LogP contribution in [0.25, 0.3) is 0 Å². The Labute approximate surface area is 144 Å². The maximum absolute atomic E-state index is 11.5. The van der Waals surface area contributed by atoms with Crippen molar-refractivity contribution in [3.05, 3.63) is 48.5 Å². The molecule has 0 fully saturated rings. The number of ether oxygens (including phenoxy) is 1. The second-order valence-corrected chi connectivity index (χ2v) is 6.19. The first-order valence-corrected chi connectivity index (χ1v) is 8.09. The van der Waals surface area contributed by atoms with Crippen LogP contribution < -0.4 is 16.4 Å². The molecule has 0 saturated carbocycles. The van der Waals surface area contributed by atoms with Crippen LogP contribution in [0.1, 0.15) is 6.92 Å². The van der Waals surface area contributed by atoms with Crippen molar-refractivity contribution in [3.8, 4) is 0 Å². The van der Waals surface area contributed by atoms with Crippen LogP contribution >= 0.6 is 11.8 Å². The van der Waals surface area contributed by atoms with Crippen LogP contribution in [0.4, 0.5) is 16.2 Å². The first kappa shape index (κ1) is 17.8.